The van der Waals surface area contributed by atoms with E-state index in [9.17, 15) is 19.6 Å². The van der Waals surface area contributed by atoms with Gasteiger partial charge in [-0.15, -0.1) is 0 Å². The molecule has 0 heterocycles. The summed E-state index contributed by atoms with van der Waals surface area (Å²) in [5.74, 6) is -1.24. The number of aliphatic imine (C=N–C) groups is 1. The van der Waals surface area contributed by atoms with Crippen LogP contribution in [0.2, 0.25) is 0 Å². The maximum atomic E-state index is 12.9. The van der Waals surface area contributed by atoms with Crippen molar-refractivity contribution in [2.24, 2.45) is 16.6 Å². The van der Waals surface area contributed by atoms with Gasteiger partial charge in [-0.2, -0.15) is 0 Å². The number of hydrogen-bond donors (Lipinski definition) is 6. The Hall–Kier alpha value is -2.85. The number of nitrogens with one attached hydrogen (secondary N) is 3. The number of amides is 2. The predicted octanol–water partition coefficient (Wildman–Crippen LogP) is 0.432. The minimum absolute atomic E-state index is 0.145. The van der Waals surface area contributed by atoms with Crippen molar-refractivity contribution in [3.8, 4) is 0 Å². The number of guanidine groups is 1. The fourth-order valence-corrected chi connectivity index (χ4v) is 3.05. The molecule has 0 aliphatic carbocycles. The van der Waals surface area contributed by atoms with Crippen molar-refractivity contribution >= 4 is 31.0 Å². The molecule has 1 aromatic rings. The number of nitrogens with zero attached hydrogens (tertiary/aromatic N) is 1. The fraction of sp³-hybridized carbons (Fsp3) is 0.500. The molecule has 2 atom stereocenters. The summed E-state index contributed by atoms with van der Waals surface area (Å²) in [5, 5.41) is 27.6. The van der Waals surface area contributed by atoms with E-state index in [4.69, 9.17) is 5.73 Å². The van der Waals surface area contributed by atoms with Gasteiger partial charge in [0.15, 0.2) is 5.96 Å². The molecule has 0 aliphatic rings. The van der Waals surface area contributed by atoms with Crippen molar-refractivity contribution in [3.05, 3.63) is 41.5 Å². The number of carbonyl (C=O) groups is 2. The van der Waals surface area contributed by atoms with Crippen LogP contribution in [0.5, 0.6) is 0 Å². The maximum Gasteiger partial charge on any atom is 0.475 e. The molecule has 7 N–H and O–H groups in total. The highest BCUT2D eigenvalue weighted by molar-refractivity contribution is 6.43. The summed E-state index contributed by atoms with van der Waals surface area (Å²) in [6.45, 7) is 5.99. The topological polar surface area (TPSA) is 149 Å². The fourth-order valence-electron chi connectivity index (χ4n) is 3.05. The highest BCUT2D eigenvalue weighted by Crippen LogP contribution is 2.09. The molecule has 0 unspecified atom stereocenters. The first-order chi connectivity index (χ1) is 15.1. The zero-order chi connectivity index (χ0) is 24.1. The molecule has 0 saturated carbocycles. The van der Waals surface area contributed by atoms with Crippen molar-refractivity contribution in [1.82, 2.24) is 16.0 Å². The van der Waals surface area contributed by atoms with Gasteiger partial charge in [-0.3, -0.25) is 14.6 Å². The van der Waals surface area contributed by atoms with Gasteiger partial charge in [-0.25, -0.2) is 0 Å². The Morgan fingerprint density at radius 2 is 1.84 bits per heavy atom. The third-order valence-electron chi connectivity index (χ3n) is 4.79. The van der Waals surface area contributed by atoms with Crippen LogP contribution in [0.4, 0.5) is 0 Å². The van der Waals surface area contributed by atoms with Crippen LogP contribution in [0.1, 0.15) is 45.6 Å². The minimum Gasteiger partial charge on any atom is -0.426 e. The highest BCUT2D eigenvalue weighted by Gasteiger charge is 2.29. The van der Waals surface area contributed by atoms with Crippen molar-refractivity contribution in [3.63, 3.8) is 0 Å². The zero-order valence-corrected chi connectivity index (χ0v) is 19.3. The minimum atomic E-state index is -1.69. The van der Waals surface area contributed by atoms with E-state index in [1.165, 1.54) is 0 Å². The third-order valence-corrected chi connectivity index (χ3v) is 4.79. The van der Waals surface area contributed by atoms with E-state index in [2.05, 4.69) is 20.9 Å². The SMILES string of the molecule is CN=C(N)NCCC[C@H](NC(=O)/C(C)=C/c1ccccc1)C(=O)N[C@@H](CC(C)C)B(O)O. The quantitative estimate of drug-likeness (QED) is 0.0904. The van der Waals surface area contributed by atoms with E-state index >= 15 is 0 Å². The predicted molar refractivity (Wildman–Crippen MR) is 128 cm³/mol. The Kier molecular flexibility index (Phi) is 12.1. The molecule has 0 aromatic heterocycles. The number of carbonyl (C=O) groups excluding carboxylic acids is 2. The first kappa shape index (κ1) is 27.2. The Balaban J connectivity index is 2.89. The molecule has 176 valence electrons. The molecule has 0 bridgehead atoms. The van der Waals surface area contributed by atoms with E-state index in [1.807, 2.05) is 44.2 Å². The highest BCUT2D eigenvalue weighted by atomic mass is 16.4. The summed E-state index contributed by atoms with van der Waals surface area (Å²) < 4.78 is 0. The summed E-state index contributed by atoms with van der Waals surface area (Å²) in [6.07, 6.45) is 2.99. The zero-order valence-electron chi connectivity index (χ0n) is 19.3. The number of benzene rings is 1. The first-order valence-electron chi connectivity index (χ1n) is 10.8. The lowest BCUT2D eigenvalue weighted by Crippen LogP contribution is -2.54. The molecular formula is C22H36BN5O4. The van der Waals surface area contributed by atoms with E-state index in [1.54, 1.807) is 20.0 Å². The molecule has 2 amide bonds. The van der Waals surface area contributed by atoms with Gasteiger partial charge in [0.25, 0.3) is 0 Å². The molecule has 0 spiro atoms. The Morgan fingerprint density at radius 1 is 1.19 bits per heavy atom. The standard InChI is InChI=1S/C22H36BN5O4/c1-15(2)13-19(23(31)32)28-21(30)18(11-8-12-26-22(24)25-4)27-20(29)16(3)14-17-9-6-5-7-10-17/h5-7,9-10,14-15,18-19,31-32H,8,11-13H2,1-4H3,(H,27,29)(H,28,30)(H3,24,25,26)/b16-14+/t18-,19-/m0/s1. The number of rotatable bonds is 12. The number of hydrogen-bond acceptors (Lipinski definition) is 5. The summed E-state index contributed by atoms with van der Waals surface area (Å²) in [4.78, 5) is 29.4. The molecule has 9 nitrogen and oxygen atoms in total. The summed E-state index contributed by atoms with van der Waals surface area (Å²) >= 11 is 0. The summed E-state index contributed by atoms with van der Waals surface area (Å²) in [5.41, 5.74) is 6.94. The second-order valence-corrected chi connectivity index (χ2v) is 8.10. The summed E-state index contributed by atoms with van der Waals surface area (Å²) in [6, 6.07) is 8.55. The average Bonchev–Trinajstić information content (AvgIpc) is 2.75. The lowest BCUT2D eigenvalue weighted by Gasteiger charge is -2.24. The molecule has 0 aliphatic heterocycles. The van der Waals surface area contributed by atoms with E-state index < -0.39 is 25.0 Å². The monoisotopic (exact) mass is 445 g/mol. The van der Waals surface area contributed by atoms with Gasteiger partial charge < -0.3 is 31.7 Å². The van der Waals surface area contributed by atoms with Crippen molar-refractivity contribution < 1.29 is 19.6 Å². The lowest BCUT2D eigenvalue weighted by molar-refractivity contribution is -0.128. The van der Waals surface area contributed by atoms with Crippen molar-refractivity contribution in [2.75, 3.05) is 13.6 Å². The Morgan fingerprint density at radius 3 is 2.41 bits per heavy atom. The van der Waals surface area contributed by atoms with Crippen molar-refractivity contribution in [2.45, 2.75) is 52.0 Å². The summed E-state index contributed by atoms with van der Waals surface area (Å²) in [7, 11) is -0.130. The first-order valence-corrected chi connectivity index (χ1v) is 10.8. The van der Waals surface area contributed by atoms with Crippen molar-refractivity contribution in [1.29, 1.82) is 0 Å². The van der Waals surface area contributed by atoms with Crippen LogP contribution < -0.4 is 21.7 Å². The second kappa shape index (κ2) is 14.3. The second-order valence-electron chi connectivity index (χ2n) is 8.10. The van der Waals surface area contributed by atoms with Crippen LogP contribution in [0.15, 0.2) is 40.9 Å². The molecule has 0 fully saturated rings. The van der Waals surface area contributed by atoms with Gasteiger partial charge >= 0.3 is 7.12 Å². The number of nitrogens with two attached hydrogens (primary N) is 1. The molecule has 0 radical (unpaired) electrons. The molecule has 10 heteroatoms. The van der Waals surface area contributed by atoms with Gasteiger partial charge in [0.05, 0.1) is 5.94 Å². The van der Waals surface area contributed by atoms with E-state index in [0.29, 0.717) is 31.4 Å². The van der Waals surface area contributed by atoms with Gasteiger partial charge in [-0.05, 0) is 43.7 Å². The third kappa shape index (κ3) is 10.5. The van der Waals surface area contributed by atoms with Crippen LogP contribution in [-0.2, 0) is 9.59 Å². The van der Waals surface area contributed by atoms with E-state index in [-0.39, 0.29) is 17.8 Å². The van der Waals surface area contributed by atoms with Crippen LogP contribution in [0.25, 0.3) is 6.08 Å². The maximum absolute atomic E-state index is 12.9. The Bertz CT molecular complexity index is 784. The normalized spacial score (nSPS) is 14.0. The Labute approximate surface area is 190 Å². The van der Waals surface area contributed by atoms with E-state index in [0.717, 1.165) is 5.56 Å². The lowest BCUT2D eigenvalue weighted by atomic mass is 9.75. The largest absolute Gasteiger partial charge is 0.475 e. The van der Waals surface area contributed by atoms with Gasteiger partial charge in [0.1, 0.15) is 6.04 Å². The van der Waals surface area contributed by atoms with Crippen LogP contribution in [-0.4, -0.2) is 60.5 Å². The van der Waals surface area contributed by atoms with Crippen LogP contribution >= 0.6 is 0 Å². The average molecular weight is 445 g/mol. The van der Waals surface area contributed by atoms with Gasteiger partial charge in [0.2, 0.25) is 11.8 Å². The van der Waals surface area contributed by atoms with Gasteiger partial charge in [-0.1, -0.05) is 44.2 Å². The smallest absolute Gasteiger partial charge is 0.426 e. The molecule has 32 heavy (non-hydrogen) atoms. The van der Waals surface area contributed by atoms with Crippen LogP contribution in [0, 0.1) is 5.92 Å². The van der Waals surface area contributed by atoms with Crippen LogP contribution in [0.3, 0.4) is 0 Å². The molecule has 1 rings (SSSR count). The molecule has 0 saturated heterocycles. The van der Waals surface area contributed by atoms with Gasteiger partial charge in [0, 0.05) is 19.2 Å². The molecule has 1 aromatic carbocycles. The molecular weight excluding hydrogens is 409 g/mol.